The normalized spacial score (nSPS) is 33.6. The average molecular weight is 283 g/mol. The third kappa shape index (κ3) is 4.19. The van der Waals surface area contributed by atoms with Crippen LogP contribution in [0.3, 0.4) is 0 Å². The van der Waals surface area contributed by atoms with Crippen LogP contribution in [-0.2, 0) is 14.3 Å². The molecule has 2 fully saturated rings. The molecule has 0 aromatic rings. The van der Waals surface area contributed by atoms with E-state index >= 15 is 0 Å². The molecule has 1 heterocycles. The maximum Gasteiger partial charge on any atom is 0.306 e. The highest BCUT2D eigenvalue weighted by atomic mass is 16.6. The molecule has 4 heteroatoms. The van der Waals surface area contributed by atoms with Crippen molar-refractivity contribution >= 4 is 5.97 Å². The summed E-state index contributed by atoms with van der Waals surface area (Å²) in [6, 6.07) is 0. The standard InChI is InChI=1S/C16H29NO3/c1-12-8-14(9-13(2)19-12)20-15(18)10-16(11-17)6-4-3-5-7-16/h12-14H,3-11,17H2,1-2H3. The largest absolute Gasteiger partial charge is 0.462 e. The minimum absolute atomic E-state index is 0.00225. The van der Waals surface area contributed by atoms with Crippen molar-refractivity contribution in [2.24, 2.45) is 11.1 Å². The number of hydrogen-bond acceptors (Lipinski definition) is 4. The van der Waals surface area contributed by atoms with Crippen LogP contribution in [0.25, 0.3) is 0 Å². The fraction of sp³-hybridized carbons (Fsp3) is 0.938. The van der Waals surface area contributed by atoms with E-state index in [0.29, 0.717) is 13.0 Å². The molecule has 0 bridgehead atoms. The van der Waals surface area contributed by atoms with Crippen molar-refractivity contribution in [3.63, 3.8) is 0 Å². The Morgan fingerprint density at radius 2 is 1.80 bits per heavy atom. The van der Waals surface area contributed by atoms with Crippen LogP contribution < -0.4 is 5.73 Å². The van der Waals surface area contributed by atoms with Crippen LogP contribution in [0.5, 0.6) is 0 Å². The molecule has 4 nitrogen and oxygen atoms in total. The topological polar surface area (TPSA) is 61.5 Å². The summed E-state index contributed by atoms with van der Waals surface area (Å²) in [5, 5.41) is 0. The third-order valence-electron chi connectivity index (χ3n) is 4.82. The van der Waals surface area contributed by atoms with Crippen molar-refractivity contribution in [3.05, 3.63) is 0 Å². The molecule has 0 aromatic heterocycles. The summed E-state index contributed by atoms with van der Waals surface area (Å²) in [5.74, 6) is -0.0661. The first kappa shape index (κ1) is 15.8. The molecular weight excluding hydrogens is 254 g/mol. The molecule has 0 aromatic carbocycles. The van der Waals surface area contributed by atoms with Crippen LogP contribution in [0, 0.1) is 5.41 Å². The Morgan fingerprint density at radius 1 is 1.20 bits per heavy atom. The SMILES string of the molecule is CC1CC(OC(=O)CC2(CN)CCCCC2)CC(C)O1. The van der Waals surface area contributed by atoms with Gasteiger partial charge in [-0.3, -0.25) is 4.79 Å². The van der Waals surface area contributed by atoms with E-state index in [2.05, 4.69) is 0 Å². The number of esters is 1. The number of hydrogen-bond donors (Lipinski definition) is 1. The number of carbonyl (C=O) groups is 1. The van der Waals surface area contributed by atoms with E-state index in [9.17, 15) is 4.79 Å². The molecule has 1 saturated carbocycles. The molecule has 1 aliphatic heterocycles. The molecule has 1 saturated heterocycles. The van der Waals surface area contributed by atoms with Gasteiger partial charge in [0.15, 0.2) is 0 Å². The molecule has 2 atom stereocenters. The van der Waals surface area contributed by atoms with Gasteiger partial charge in [0.05, 0.1) is 18.6 Å². The fourth-order valence-corrected chi connectivity index (χ4v) is 3.73. The van der Waals surface area contributed by atoms with Gasteiger partial charge in [-0.1, -0.05) is 19.3 Å². The van der Waals surface area contributed by atoms with E-state index in [1.54, 1.807) is 0 Å². The number of rotatable bonds is 4. The Bertz CT molecular complexity index is 316. The van der Waals surface area contributed by atoms with Crippen molar-refractivity contribution in [3.8, 4) is 0 Å². The minimum atomic E-state index is -0.0661. The number of ether oxygens (including phenoxy) is 2. The number of carbonyl (C=O) groups excluding carboxylic acids is 1. The van der Waals surface area contributed by atoms with Crippen LogP contribution >= 0.6 is 0 Å². The summed E-state index contributed by atoms with van der Waals surface area (Å²) in [4.78, 5) is 12.2. The zero-order valence-corrected chi connectivity index (χ0v) is 12.9. The van der Waals surface area contributed by atoms with Gasteiger partial charge in [0.1, 0.15) is 6.10 Å². The van der Waals surface area contributed by atoms with E-state index in [-0.39, 0.29) is 29.7 Å². The first-order valence-corrected chi connectivity index (χ1v) is 8.08. The highest BCUT2D eigenvalue weighted by molar-refractivity contribution is 5.70. The van der Waals surface area contributed by atoms with Gasteiger partial charge in [-0.15, -0.1) is 0 Å². The predicted molar refractivity (Wildman–Crippen MR) is 78.3 cm³/mol. The molecule has 116 valence electrons. The zero-order chi connectivity index (χ0) is 14.6. The first-order chi connectivity index (χ1) is 9.53. The first-order valence-electron chi connectivity index (χ1n) is 8.08. The molecule has 2 unspecified atom stereocenters. The lowest BCUT2D eigenvalue weighted by Crippen LogP contribution is -2.39. The Labute approximate surface area is 122 Å². The second kappa shape index (κ2) is 6.90. The summed E-state index contributed by atoms with van der Waals surface area (Å²) in [6.07, 6.45) is 8.26. The Hall–Kier alpha value is -0.610. The van der Waals surface area contributed by atoms with Gasteiger partial charge >= 0.3 is 5.97 Å². The third-order valence-corrected chi connectivity index (χ3v) is 4.82. The van der Waals surface area contributed by atoms with Crippen molar-refractivity contribution in [1.82, 2.24) is 0 Å². The summed E-state index contributed by atoms with van der Waals surface area (Å²) in [5.41, 5.74) is 5.93. The highest BCUT2D eigenvalue weighted by Gasteiger charge is 2.35. The summed E-state index contributed by atoms with van der Waals surface area (Å²) in [6.45, 7) is 4.68. The maximum absolute atomic E-state index is 12.2. The molecule has 2 aliphatic rings. The van der Waals surface area contributed by atoms with E-state index in [1.165, 1.54) is 19.3 Å². The van der Waals surface area contributed by atoms with Crippen molar-refractivity contribution in [1.29, 1.82) is 0 Å². The van der Waals surface area contributed by atoms with Gasteiger partial charge in [-0.25, -0.2) is 0 Å². The second-order valence-corrected chi connectivity index (χ2v) is 6.78. The lowest BCUT2D eigenvalue weighted by molar-refractivity contribution is -0.162. The van der Waals surface area contributed by atoms with Crippen LogP contribution in [0.2, 0.25) is 0 Å². The molecular formula is C16H29NO3. The Kier molecular flexibility index (Phi) is 5.44. The van der Waals surface area contributed by atoms with Crippen LogP contribution in [-0.4, -0.2) is 30.8 Å². The smallest absolute Gasteiger partial charge is 0.306 e. The van der Waals surface area contributed by atoms with Gasteiger partial charge in [-0.05, 0) is 38.6 Å². The monoisotopic (exact) mass is 283 g/mol. The molecule has 2 N–H and O–H groups in total. The van der Waals surface area contributed by atoms with Crippen LogP contribution in [0.1, 0.15) is 65.2 Å². The quantitative estimate of drug-likeness (QED) is 0.806. The molecule has 0 amide bonds. The van der Waals surface area contributed by atoms with Gasteiger partial charge in [0.2, 0.25) is 0 Å². The Balaban J connectivity index is 1.84. The Morgan fingerprint density at radius 3 is 2.35 bits per heavy atom. The molecule has 1 aliphatic carbocycles. The fourth-order valence-electron chi connectivity index (χ4n) is 3.73. The van der Waals surface area contributed by atoms with E-state index in [4.69, 9.17) is 15.2 Å². The van der Waals surface area contributed by atoms with Gasteiger partial charge < -0.3 is 15.2 Å². The summed E-state index contributed by atoms with van der Waals surface area (Å²) >= 11 is 0. The van der Waals surface area contributed by atoms with Gasteiger partial charge in [-0.2, -0.15) is 0 Å². The summed E-state index contributed by atoms with van der Waals surface area (Å²) < 4.78 is 11.4. The molecule has 0 radical (unpaired) electrons. The molecule has 2 rings (SSSR count). The van der Waals surface area contributed by atoms with E-state index in [0.717, 1.165) is 25.7 Å². The second-order valence-electron chi connectivity index (χ2n) is 6.78. The minimum Gasteiger partial charge on any atom is -0.462 e. The highest BCUT2D eigenvalue weighted by Crippen LogP contribution is 2.39. The number of nitrogens with two attached hydrogens (primary N) is 1. The lowest BCUT2D eigenvalue weighted by Gasteiger charge is -2.36. The van der Waals surface area contributed by atoms with Crippen molar-refractivity contribution in [2.75, 3.05) is 6.54 Å². The van der Waals surface area contributed by atoms with Gasteiger partial charge in [0, 0.05) is 12.8 Å². The van der Waals surface area contributed by atoms with Crippen LogP contribution in [0.4, 0.5) is 0 Å². The average Bonchev–Trinajstić information content (AvgIpc) is 2.38. The zero-order valence-electron chi connectivity index (χ0n) is 12.9. The van der Waals surface area contributed by atoms with Crippen molar-refractivity contribution < 1.29 is 14.3 Å². The molecule has 20 heavy (non-hydrogen) atoms. The van der Waals surface area contributed by atoms with E-state index < -0.39 is 0 Å². The lowest BCUT2D eigenvalue weighted by atomic mass is 9.72. The van der Waals surface area contributed by atoms with Gasteiger partial charge in [0.25, 0.3) is 0 Å². The molecule has 0 spiro atoms. The van der Waals surface area contributed by atoms with Crippen LogP contribution in [0.15, 0.2) is 0 Å². The maximum atomic E-state index is 12.2. The van der Waals surface area contributed by atoms with E-state index in [1.807, 2.05) is 13.8 Å². The van der Waals surface area contributed by atoms with Crippen molar-refractivity contribution in [2.45, 2.75) is 83.5 Å². The summed E-state index contributed by atoms with van der Waals surface area (Å²) in [7, 11) is 0. The predicted octanol–water partition coefficient (Wildman–Crippen LogP) is 2.78.